The number of carbonyl (C=O) groups is 1. The van der Waals surface area contributed by atoms with E-state index in [0.29, 0.717) is 25.4 Å². The number of aromatic carboxylic acids is 1. The number of anilines is 1. The molecule has 7 heteroatoms. The van der Waals surface area contributed by atoms with E-state index < -0.39 is 16.6 Å². The molecular weight excluding hydrogens is 252 g/mol. The summed E-state index contributed by atoms with van der Waals surface area (Å²) >= 11 is 0. The van der Waals surface area contributed by atoms with Gasteiger partial charge in [-0.1, -0.05) is 0 Å². The Morgan fingerprint density at radius 2 is 2.32 bits per heavy atom. The van der Waals surface area contributed by atoms with E-state index >= 15 is 0 Å². The van der Waals surface area contributed by atoms with E-state index in [2.05, 4.69) is 0 Å². The lowest BCUT2D eigenvalue weighted by Gasteiger charge is -2.33. The van der Waals surface area contributed by atoms with Gasteiger partial charge in [0.25, 0.3) is 5.69 Å². The Bertz CT molecular complexity index is 517. The van der Waals surface area contributed by atoms with Gasteiger partial charge < -0.3 is 14.7 Å². The molecule has 0 aromatic heterocycles. The number of morpholine rings is 1. The van der Waals surface area contributed by atoms with Crippen molar-refractivity contribution in [1.29, 1.82) is 0 Å². The highest BCUT2D eigenvalue weighted by atomic mass is 16.6. The van der Waals surface area contributed by atoms with Gasteiger partial charge in [0.1, 0.15) is 5.56 Å². The number of rotatable bonds is 3. The van der Waals surface area contributed by atoms with Crippen LogP contribution < -0.4 is 4.90 Å². The lowest BCUT2D eigenvalue weighted by molar-refractivity contribution is -0.385. The largest absolute Gasteiger partial charge is 0.477 e. The Balaban J connectivity index is 2.35. The van der Waals surface area contributed by atoms with E-state index in [1.165, 1.54) is 12.1 Å². The maximum Gasteiger partial charge on any atom is 0.342 e. The van der Waals surface area contributed by atoms with E-state index in [0.717, 1.165) is 0 Å². The van der Waals surface area contributed by atoms with Crippen LogP contribution in [-0.4, -0.2) is 41.8 Å². The summed E-state index contributed by atoms with van der Waals surface area (Å²) in [6.07, 6.45) is 0.0530. The van der Waals surface area contributed by atoms with Crippen LogP contribution in [0.15, 0.2) is 18.2 Å². The zero-order chi connectivity index (χ0) is 14.0. The third-order valence-electron chi connectivity index (χ3n) is 3.01. The van der Waals surface area contributed by atoms with Crippen molar-refractivity contribution < 1.29 is 19.6 Å². The monoisotopic (exact) mass is 266 g/mol. The molecule has 1 fully saturated rings. The summed E-state index contributed by atoms with van der Waals surface area (Å²) in [4.78, 5) is 23.1. The Kier molecular flexibility index (Phi) is 3.66. The minimum Gasteiger partial charge on any atom is -0.477 e. The summed E-state index contributed by atoms with van der Waals surface area (Å²) in [5.41, 5.74) is -0.0163. The molecule has 1 atom stereocenters. The van der Waals surface area contributed by atoms with Gasteiger partial charge in [0, 0.05) is 24.8 Å². The van der Waals surface area contributed by atoms with Gasteiger partial charge in [0.05, 0.1) is 17.6 Å². The van der Waals surface area contributed by atoms with Gasteiger partial charge >= 0.3 is 5.97 Å². The highest BCUT2D eigenvalue weighted by molar-refractivity contribution is 5.93. The van der Waals surface area contributed by atoms with Crippen LogP contribution in [0.3, 0.4) is 0 Å². The van der Waals surface area contributed by atoms with E-state index in [1.54, 1.807) is 6.07 Å². The molecule has 1 aliphatic rings. The Hall–Kier alpha value is -2.15. The summed E-state index contributed by atoms with van der Waals surface area (Å²) in [5, 5.41) is 19.8. The van der Waals surface area contributed by atoms with Crippen LogP contribution in [0.25, 0.3) is 0 Å². The summed E-state index contributed by atoms with van der Waals surface area (Å²) in [7, 11) is 0. The van der Waals surface area contributed by atoms with Crippen LogP contribution in [0.1, 0.15) is 17.3 Å². The summed E-state index contributed by atoms with van der Waals surface area (Å²) in [6, 6.07) is 4.15. The summed E-state index contributed by atoms with van der Waals surface area (Å²) < 4.78 is 5.40. The first-order chi connectivity index (χ1) is 8.99. The van der Waals surface area contributed by atoms with Gasteiger partial charge in [-0.2, -0.15) is 0 Å². The van der Waals surface area contributed by atoms with E-state index in [4.69, 9.17) is 9.84 Å². The first kappa shape index (κ1) is 13.3. The number of hydrogen-bond acceptors (Lipinski definition) is 5. The summed E-state index contributed by atoms with van der Waals surface area (Å²) in [5.74, 6) is -1.30. The second-order valence-electron chi connectivity index (χ2n) is 4.39. The van der Waals surface area contributed by atoms with Crippen molar-refractivity contribution >= 4 is 17.3 Å². The molecule has 19 heavy (non-hydrogen) atoms. The molecule has 0 saturated carbocycles. The first-order valence-corrected chi connectivity index (χ1v) is 5.87. The third-order valence-corrected chi connectivity index (χ3v) is 3.01. The molecule has 7 nitrogen and oxygen atoms in total. The number of nitro groups is 1. The zero-order valence-corrected chi connectivity index (χ0v) is 10.4. The molecule has 1 saturated heterocycles. The fraction of sp³-hybridized carbons (Fsp3) is 0.417. The molecule has 0 amide bonds. The molecule has 1 aromatic carbocycles. The van der Waals surface area contributed by atoms with Gasteiger partial charge in [-0.25, -0.2) is 4.79 Å². The number of ether oxygens (including phenoxy) is 1. The minimum absolute atomic E-state index is 0.0530. The Labute approximate surface area is 109 Å². The highest BCUT2D eigenvalue weighted by Crippen LogP contribution is 2.26. The quantitative estimate of drug-likeness (QED) is 0.658. The molecule has 2 rings (SSSR count). The second kappa shape index (κ2) is 5.23. The molecule has 0 aliphatic carbocycles. The first-order valence-electron chi connectivity index (χ1n) is 5.87. The predicted molar refractivity (Wildman–Crippen MR) is 67.7 cm³/mol. The van der Waals surface area contributed by atoms with Gasteiger partial charge in [0.2, 0.25) is 0 Å². The molecular formula is C12H14N2O5. The maximum absolute atomic E-state index is 11.1. The average molecular weight is 266 g/mol. The van der Waals surface area contributed by atoms with Gasteiger partial charge in [-0.3, -0.25) is 10.1 Å². The summed E-state index contributed by atoms with van der Waals surface area (Å²) in [6.45, 7) is 3.76. The van der Waals surface area contributed by atoms with Crippen LogP contribution in [0.4, 0.5) is 11.4 Å². The fourth-order valence-corrected chi connectivity index (χ4v) is 2.10. The van der Waals surface area contributed by atoms with Crippen molar-refractivity contribution in [2.24, 2.45) is 0 Å². The number of nitro benzene ring substituents is 1. The Morgan fingerprint density at radius 1 is 1.58 bits per heavy atom. The van der Waals surface area contributed by atoms with Crippen molar-refractivity contribution in [2.75, 3.05) is 24.6 Å². The van der Waals surface area contributed by atoms with Gasteiger partial charge in [-0.05, 0) is 19.1 Å². The maximum atomic E-state index is 11.1. The second-order valence-corrected chi connectivity index (χ2v) is 4.39. The number of carboxylic acids is 1. The number of benzene rings is 1. The third kappa shape index (κ3) is 2.82. The molecule has 1 aliphatic heterocycles. The molecule has 0 radical (unpaired) electrons. The zero-order valence-electron chi connectivity index (χ0n) is 10.4. The van der Waals surface area contributed by atoms with Crippen LogP contribution in [0, 0.1) is 10.1 Å². The topological polar surface area (TPSA) is 92.9 Å². The van der Waals surface area contributed by atoms with Crippen molar-refractivity contribution in [1.82, 2.24) is 0 Å². The molecule has 0 bridgehead atoms. The van der Waals surface area contributed by atoms with Crippen molar-refractivity contribution in [2.45, 2.75) is 13.0 Å². The normalized spacial score (nSPS) is 19.2. The van der Waals surface area contributed by atoms with Gasteiger partial charge in [-0.15, -0.1) is 0 Å². The Morgan fingerprint density at radius 3 is 2.89 bits per heavy atom. The van der Waals surface area contributed by atoms with Gasteiger partial charge in [0.15, 0.2) is 0 Å². The van der Waals surface area contributed by atoms with Crippen molar-refractivity contribution in [3.63, 3.8) is 0 Å². The van der Waals surface area contributed by atoms with E-state index in [9.17, 15) is 14.9 Å². The molecule has 1 unspecified atom stereocenters. The van der Waals surface area contributed by atoms with Crippen LogP contribution >= 0.6 is 0 Å². The molecule has 1 aromatic rings. The van der Waals surface area contributed by atoms with Crippen molar-refractivity contribution in [3.8, 4) is 0 Å². The SMILES string of the molecule is CC1CN(c2ccc([N+](=O)[O-])c(C(=O)O)c2)CCO1. The molecule has 1 heterocycles. The molecule has 102 valence electrons. The number of nitrogens with zero attached hydrogens (tertiary/aromatic N) is 2. The highest BCUT2D eigenvalue weighted by Gasteiger charge is 2.23. The van der Waals surface area contributed by atoms with E-state index in [1.807, 2.05) is 11.8 Å². The number of hydrogen-bond donors (Lipinski definition) is 1. The predicted octanol–water partition coefficient (Wildman–Crippen LogP) is 1.52. The smallest absolute Gasteiger partial charge is 0.342 e. The average Bonchev–Trinajstić information content (AvgIpc) is 2.37. The van der Waals surface area contributed by atoms with E-state index in [-0.39, 0.29) is 11.7 Å². The molecule has 0 spiro atoms. The van der Waals surface area contributed by atoms with Crippen molar-refractivity contribution in [3.05, 3.63) is 33.9 Å². The number of carboxylic acid groups (broad SMARTS) is 1. The lowest BCUT2D eigenvalue weighted by atomic mass is 10.1. The van der Waals surface area contributed by atoms with Crippen LogP contribution in [-0.2, 0) is 4.74 Å². The van der Waals surface area contributed by atoms with Crippen LogP contribution in [0.5, 0.6) is 0 Å². The van der Waals surface area contributed by atoms with Crippen LogP contribution in [0.2, 0.25) is 0 Å². The fourth-order valence-electron chi connectivity index (χ4n) is 2.10. The lowest BCUT2D eigenvalue weighted by Crippen LogP contribution is -2.41. The minimum atomic E-state index is -1.30. The standard InChI is InChI=1S/C12H14N2O5/c1-8-7-13(4-5-19-8)9-2-3-11(14(17)18)10(6-9)12(15)16/h2-3,6,8H,4-5,7H2,1H3,(H,15,16). The molecule has 1 N–H and O–H groups in total.